The molecule has 8 aromatic carbocycles. The summed E-state index contributed by atoms with van der Waals surface area (Å²) in [5.41, 5.74) is 16.3. The zero-order chi connectivity index (χ0) is 35.9. The average molecular weight is 677 g/mol. The summed E-state index contributed by atoms with van der Waals surface area (Å²) in [6, 6.07) is 61.9. The first kappa shape index (κ1) is 32.4. The fraction of sp³-hybridized carbons (Fsp3) is 0.0566. The van der Waals surface area contributed by atoms with Gasteiger partial charge >= 0.3 is 0 Å². The Kier molecular flexibility index (Phi) is 8.10. The van der Waals surface area contributed by atoms with Crippen molar-refractivity contribution in [2.24, 2.45) is 0 Å². The lowest BCUT2D eigenvalue weighted by Crippen LogP contribution is -2.14. The number of fused-ring (bicyclic) bond motifs is 5. The van der Waals surface area contributed by atoms with Gasteiger partial charge in [0.05, 0.1) is 0 Å². The van der Waals surface area contributed by atoms with Gasteiger partial charge in [0.1, 0.15) is 0 Å². The van der Waals surface area contributed by atoms with E-state index in [1.165, 1.54) is 82.7 Å². The van der Waals surface area contributed by atoms with E-state index in [0.717, 1.165) is 11.1 Å². The molecular weight excluding hydrogens is 637 g/mol. The molecule has 0 heteroatoms. The highest BCUT2D eigenvalue weighted by Gasteiger charge is 2.35. The van der Waals surface area contributed by atoms with Crippen molar-refractivity contribution in [3.8, 4) is 44.5 Å². The van der Waals surface area contributed by atoms with E-state index in [0.29, 0.717) is 0 Å². The Morgan fingerprint density at radius 2 is 1.11 bits per heavy atom. The molecule has 0 aromatic heterocycles. The monoisotopic (exact) mass is 676 g/mol. The Bertz CT molecular complexity index is 2740. The highest BCUT2D eigenvalue weighted by Crippen LogP contribution is 2.49. The van der Waals surface area contributed by atoms with Crippen LogP contribution in [0.3, 0.4) is 0 Å². The second-order valence-electron chi connectivity index (χ2n) is 14.6. The molecule has 0 atom stereocenters. The van der Waals surface area contributed by atoms with Gasteiger partial charge < -0.3 is 0 Å². The van der Waals surface area contributed by atoms with Gasteiger partial charge in [-0.05, 0) is 118 Å². The van der Waals surface area contributed by atoms with Crippen LogP contribution in [0.1, 0.15) is 36.1 Å². The molecule has 0 spiro atoms. The molecule has 1 aliphatic rings. The molecule has 0 amide bonds. The largest absolute Gasteiger partial charge is 0.0984 e. The SMILES string of the molecule is C=C/C(=C\C=C\c1cc(-c2ccccc2)c(-c2ccccc2)c2ccccc12)c1ccc2cc(-c3ccc4c(c3)C(C)(C)c3ccccc3-4)ccc2c1. The molecule has 8 aromatic rings. The summed E-state index contributed by atoms with van der Waals surface area (Å²) in [5, 5.41) is 4.92. The lowest BCUT2D eigenvalue weighted by atomic mass is 9.81. The van der Waals surface area contributed by atoms with Gasteiger partial charge in [0.15, 0.2) is 0 Å². The van der Waals surface area contributed by atoms with Crippen molar-refractivity contribution in [3.05, 3.63) is 217 Å². The van der Waals surface area contributed by atoms with E-state index in [1.807, 2.05) is 6.08 Å². The van der Waals surface area contributed by atoms with Gasteiger partial charge in [-0.1, -0.05) is 190 Å². The number of hydrogen-bond acceptors (Lipinski definition) is 0. The van der Waals surface area contributed by atoms with Gasteiger partial charge in [0.25, 0.3) is 0 Å². The fourth-order valence-electron chi connectivity index (χ4n) is 8.33. The van der Waals surface area contributed by atoms with E-state index in [4.69, 9.17) is 0 Å². The number of benzene rings is 8. The predicted octanol–water partition coefficient (Wildman–Crippen LogP) is 14.6. The van der Waals surface area contributed by atoms with Crippen LogP contribution in [0, 0.1) is 0 Å². The quantitative estimate of drug-likeness (QED) is 0.147. The highest BCUT2D eigenvalue weighted by molar-refractivity contribution is 6.07. The maximum absolute atomic E-state index is 4.20. The fourth-order valence-corrected chi connectivity index (χ4v) is 8.33. The molecule has 0 nitrogen and oxygen atoms in total. The Morgan fingerprint density at radius 1 is 0.491 bits per heavy atom. The predicted molar refractivity (Wildman–Crippen MR) is 229 cm³/mol. The minimum atomic E-state index is -0.0154. The van der Waals surface area contributed by atoms with Crippen LogP contribution in [0.15, 0.2) is 195 Å². The van der Waals surface area contributed by atoms with Crippen LogP contribution in [0.5, 0.6) is 0 Å². The Balaban J connectivity index is 1.05. The summed E-state index contributed by atoms with van der Waals surface area (Å²) in [4.78, 5) is 0. The molecule has 0 unspecified atom stereocenters. The standard InChI is InChI=1S/C53H40/c1-4-36(20-15-21-44-34-49(37-16-7-5-8-17-37)52(38-18-9-6-10-19-38)48-24-12-11-22-45(44)48)39-26-27-41-33-42(29-28-40(41)32-39)43-30-31-47-46-23-13-14-25-50(46)53(2,3)51(47)35-43/h4-35H,1H2,2-3H3/b21-15+,36-20+. The van der Waals surface area contributed by atoms with Gasteiger partial charge in [0, 0.05) is 5.41 Å². The molecule has 0 saturated heterocycles. The maximum Gasteiger partial charge on any atom is 0.0159 e. The lowest BCUT2D eigenvalue weighted by Gasteiger charge is -2.22. The smallest absolute Gasteiger partial charge is 0.0159 e. The summed E-state index contributed by atoms with van der Waals surface area (Å²) in [6.07, 6.45) is 8.53. The Morgan fingerprint density at radius 3 is 1.91 bits per heavy atom. The van der Waals surface area contributed by atoms with Crippen molar-refractivity contribution in [2.45, 2.75) is 19.3 Å². The summed E-state index contributed by atoms with van der Waals surface area (Å²) in [6.45, 7) is 8.88. The molecule has 0 saturated carbocycles. The van der Waals surface area contributed by atoms with E-state index >= 15 is 0 Å². The molecule has 53 heavy (non-hydrogen) atoms. The summed E-state index contributed by atoms with van der Waals surface area (Å²) < 4.78 is 0. The van der Waals surface area contributed by atoms with Crippen molar-refractivity contribution in [2.75, 3.05) is 0 Å². The average Bonchev–Trinajstić information content (AvgIpc) is 3.45. The van der Waals surface area contributed by atoms with Crippen LogP contribution in [-0.4, -0.2) is 0 Å². The third kappa shape index (κ3) is 5.74. The molecule has 0 N–H and O–H groups in total. The van der Waals surface area contributed by atoms with Crippen molar-refractivity contribution < 1.29 is 0 Å². The Labute approximate surface area is 312 Å². The molecule has 252 valence electrons. The zero-order valence-corrected chi connectivity index (χ0v) is 30.2. The minimum absolute atomic E-state index is 0.0154. The first-order valence-electron chi connectivity index (χ1n) is 18.5. The van der Waals surface area contributed by atoms with Gasteiger partial charge in [-0.2, -0.15) is 0 Å². The van der Waals surface area contributed by atoms with E-state index in [9.17, 15) is 0 Å². The van der Waals surface area contributed by atoms with Crippen LogP contribution < -0.4 is 0 Å². The van der Waals surface area contributed by atoms with Crippen LogP contribution in [0.4, 0.5) is 0 Å². The molecular formula is C53H40. The first-order chi connectivity index (χ1) is 26.0. The molecule has 0 radical (unpaired) electrons. The van der Waals surface area contributed by atoms with Crippen LogP contribution >= 0.6 is 0 Å². The molecule has 0 fully saturated rings. The molecule has 0 bridgehead atoms. The molecule has 0 aliphatic heterocycles. The van der Waals surface area contributed by atoms with Gasteiger partial charge in [0.2, 0.25) is 0 Å². The highest BCUT2D eigenvalue weighted by atomic mass is 14.4. The van der Waals surface area contributed by atoms with Crippen LogP contribution in [0.2, 0.25) is 0 Å². The van der Waals surface area contributed by atoms with Crippen molar-refractivity contribution in [1.82, 2.24) is 0 Å². The third-order valence-electron chi connectivity index (χ3n) is 11.1. The van der Waals surface area contributed by atoms with Gasteiger partial charge in [-0.3, -0.25) is 0 Å². The number of hydrogen-bond donors (Lipinski definition) is 0. The number of allylic oxidation sites excluding steroid dienone is 4. The molecule has 9 rings (SSSR count). The summed E-state index contributed by atoms with van der Waals surface area (Å²) in [7, 11) is 0. The maximum atomic E-state index is 4.20. The van der Waals surface area contributed by atoms with Gasteiger partial charge in [-0.15, -0.1) is 0 Å². The zero-order valence-electron chi connectivity index (χ0n) is 30.2. The number of rotatable bonds is 7. The van der Waals surface area contributed by atoms with Crippen molar-refractivity contribution in [3.63, 3.8) is 0 Å². The normalized spacial score (nSPS) is 13.4. The topological polar surface area (TPSA) is 0 Å². The second kappa shape index (κ2) is 13.2. The van der Waals surface area contributed by atoms with E-state index in [-0.39, 0.29) is 5.41 Å². The first-order valence-corrected chi connectivity index (χ1v) is 18.5. The van der Waals surface area contributed by atoms with Crippen molar-refractivity contribution in [1.29, 1.82) is 0 Å². The second-order valence-corrected chi connectivity index (χ2v) is 14.6. The summed E-state index contributed by atoms with van der Waals surface area (Å²) >= 11 is 0. The van der Waals surface area contributed by atoms with Gasteiger partial charge in [-0.25, -0.2) is 0 Å². The van der Waals surface area contributed by atoms with E-state index in [1.54, 1.807) is 0 Å². The lowest BCUT2D eigenvalue weighted by molar-refractivity contribution is 0.660. The molecule has 1 aliphatic carbocycles. The molecule has 0 heterocycles. The Hall–Kier alpha value is -6.50. The van der Waals surface area contributed by atoms with E-state index < -0.39 is 0 Å². The van der Waals surface area contributed by atoms with E-state index in [2.05, 4.69) is 209 Å². The van der Waals surface area contributed by atoms with Crippen LogP contribution in [0.25, 0.3) is 77.7 Å². The minimum Gasteiger partial charge on any atom is -0.0984 e. The summed E-state index contributed by atoms with van der Waals surface area (Å²) in [5.74, 6) is 0. The third-order valence-corrected chi connectivity index (χ3v) is 11.1. The van der Waals surface area contributed by atoms with Crippen LogP contribution in [-0.2, 0) is 5.41 Å². The van der Waals surface area contributed by atoms with Crippen molar-refractivity contribution >= 4 is 33.2 Å².